The van der Waals surface area contributed by atoms with Gasteiger partial charge in [-0.15, -0.1) is 0 Å². The number of quaternary nitrogens is 8. The first-order valence-electron chi connectivity index (χ1n) is 38.5. The van der Waals surface area contributed by atoms with Crippen LogP contribution < -0.4 is 42.5 Å². The van der Waals surface area contributed by atoms with Crippen LogP contribution in [-0.2, 0) is 12.8 Å². The summed E-state index contributed by atoms with van der Waals surface area (Å²) in [6.07, 6.45) is 48.2. The maximum absolute atomic E-state index is 2.46. The lowest BCUT2D eigenvalue weighted by molar-refractivity contribution is -0.655. The lowest BCUT2D eigenvalue weighted by atomic mass is 9.91. The van der Waals surface area contributed by atoms with E-state index in [2.05, 4.69) is 231 Å². The molecule has 0 aliphatic heterocycles. The molecule has 2 aromatic carbocycles. The predicted octanol–water partition coefficient (Wildman–Crippen LogP) is 14.3. The molecule has 8 heteroatoms. The summed E-state index contributed by atoms with van der Waals surface area (Å²) < 4.78 is 0. The highest BCUT2D eigenvalue weighted by atomic mass is 14.9. The molecular weight excluding hydrogens is 1050 g/mol. The van der Waals surface area contributed by atoms with E-state index in [1.165, 1.54) is 292 Å². The van der Waals surface area contributed by atoms with Crippen molar-refractivity contribution in [2.75, 3.05) is 87.6 Å². The van der Waals surface area contributed by atoms with Crippen LogP contribution in [0.1, 0.15) is 334 Å². The molecule has 86 heavy (non-hydrogen) atoms. The van der Waals surface area contributed by atoms with Crippen molar-refractivity contribution < 1.29 is 42.5 Å². The summed E-state index contributed by atoms with van der Waals surface area (Å²) in [7, 11) is 10.5. The quantitative estimate of drug-likeness (QED) is 0.0237. The molecule has 0 aliphatic rings. The first kappa shape index (κ1) is 97.7. The van der Waals surface area contributed by atoms with Gasteiger partial charge < -0.3 is 42.5 Å². The van der Waals surface area contributed by atoms with Gasteiger partial charge in [0.1, 0.15) is 17.1 Å². The largest absolute Gasteiger partial charge is 0.349 e. The number of nitrogens with two attached hydrogens (primary N) is 8. The lowest BCUT2D eigenvalue weighted by Gasteiger charge is -2.15. The van der Waals surface area contributed by atoms with Crippen molar-refractivity contribution >= 4 is 17.1 Å². The van der Waals surface area contributed by atoms with Gasteiger partial charge in [-0.2, -0.15) is 0 Å². The van der Waals surface area contributed by atoms with E-state index in [-0.39, 0.29) is 0 Å². The van der Waals surface area contributed by atoms with E-state index >= 15 is 0 Å². The van der Waals surface area contributed by atoms with Crippen molar-refractivity contribution in [3.63, 3.8) is 0 Å². The van der Waals surface area contributed by atoms with Crippen molar-refractivity contribution in [1.82, 2.24) is 0 Å². The van der Waals surface area contributed by atoms with Gasteiger partial charge in [-0.25, -0.2) is 0 Å². The smallest absolute Gasteiger partial charge is 0.135 e. The van der Waals surface area contributed by atoms with Crippen LogP contribution in [0.2, 0.25) is 0 Å². The topological polar surface area (TPSA) is 133 Å². The number of hydrogen-bond donors (Lipinski definition) is 8. The maximum atomic E-state index is 2.46. The van der Waals surface area contributed by atoms with Crippen LogP contribution in [0.5, 0.6) is 0 Å². The van der Waals surface area contributed by atoms with Gasteiger partial charge in [-0.1, -0.05) is 264 Å². The molecule has 0 saturated heterocycles. The molecule has 518 valence electrons. The van der Waals surface area contributed by atoms with E-state index < -0.39 is 0 Å². The highest BCUT2D eigenvalue weighted by molar-refractivity contribution is 5.45. The molecule has 0 heterocycles. The number of aryl methyl sites for hydroxylation is 2. The minimum absolute atomic E-state index is 0.972. The molecule has 16 N–H and O–H groups in total. The van der Waals surface area contributed by atoms with Gasteiger partial charge in [0, 0.05) is 18.1 Å². The highest BCUT2D eigenvalue weighted by Crippen LogP contribution is 2.22. The van der Waals surface area contributed by atoms with Crippen molar-refractivity contribution in [2.45, 2.75) is 336 Å². The fraction of sp³-hybridized carbons (Fsp3) is 0.846. The van der Waals surface area contributed by atoms with Gasteiger partial charge in [0.25, 0.3) is 0 Å². The summed E-state index contributed by atoms with van der Waals surface area (Å²) in [6.45, 7) is 46.4. The molecule has 0 fully saturated rings. The standard InChI is InChI=1S/C13H28.C10H16N2.C10H24N2.C9H13N.C9H21N.C8H19N.C7H17N.C7H16.C5H12/c1-4-7-10-13(11-8-5-2)12-9-6-3;1-4-8-5-9(11-2)7-10(6-8)12-3;1-3-4-9-12-10-7-5-6-8-11-2;1-3-8-4-6-9(10-2)7-5-8;1-4-6-9(7-5-2)8-10-3;1-3-5-7-9-8-6-4-2;1-3-5-6-7-8-4-2;1-3-5-7-6-4-2;1-3-5-4-2/h13H,4-12H2,1-3H3;5-7,11-12H,4H2,1-3H3;11-12H,3-10H2,1-2H3;4-7,10H,3H2,1-2H3;9-10H,4-8H2,1-3H3;9H,3-8H2,1-2H3;8H,3-7H2,1-2H3;3-7H2,1-2H3;3-5H2,1-2H3/p+8. The van der Waals surface area contributed by atoms with Crippen LogP contribution in [0, 0.1) is 11.8 Å². The number of unbranched alkanes of at least 4 members (excludes halogenated alkanes) is 16. The van der Waals surface area contributed by atoms with Crippen molar-refractivity contribution in [3.8, 4) is 0 Å². The minimum Gasteiger partial charge on any atom is -0.349 e. The molecule has 0 atom stereocenters. The molecule has 0 saturated carbocycles. The average Bonchev–Trinajstić information content (AvgIpc) is 3.71. The normalized spacial score (nSPS) is 10.2. The fourth-order valence-electron chi connectivity index (χ4n) is 9.59. The summed E-state index contributed by atoms with van der Waals surface area (Å²) in [5.74, 6) is 2.01. The minimum atomic E-state index is 0.972. The zero-order valence-corrected chi connectivity index (χ0v) is 63.7. The molecule has 2 aromatic rings. The Morgan fingerprint density at radius 2 is 0.616 bits per heavy atom. The highest BCUT2D eigenvalue weighted by Gasteiger charge is 2.08. The van der Waals surface area contributed by atoms with Crippen LogP contribution in [0.4, 0.5) is 17.1 Å². The van der Waals surface area contributed by atoms with Gasteiger partial charge in [0.2, 0.25) is 0 Å². The third-order valence-corrected chi connectivity index (χ3v) is 15.6. The first-order valence-corrected chi connectivity index (χ1v) is 38.5. The Labute approximate surface area is 545 Å². The van der Waals surface area contributed by atoms with Crippen LogP contribution in [0.15, 0.2) is 42.5 Å². The zero-order valence-electron chi connectivity index (χ0n) is 63.7. The second kappa shape index (κ2) is 94.2. The fourth-order valence-corrected chi connectivity index (χ4v) is 9.59. The molecule has 0 bridgehead atoms. The predicted molar refractivity (Wildman–Crippen MR) is 393 cm³/mol. The number of benzene rings is 2. The third-order valence-electron chi connectivity index (χ3n) is 15.6. The Kier molecular flexibility index (Phi) is 107. The van der Waals surface area contributed by atoms with Crippen LogP contribution in [0.3, 0.4) is 0 Å². The van der Waals surface area contributed by atoms with Gasteiger partial charge in [0.05, 0.1) is 93.7 Å². The molecular formula is C78H174N8+8. The molecule has 0 aliphatic carbocycles. The molecule has 0 amide bonds. The van der Waals surface area contributed by atoms with E-state index in [1.807, 2.05) is 0 Å². The van der Waals surface area contributed by atoms with Crippen molar-refractivity contribution in [3.05, 3.63) is 53.6 Å². The summed E-state index contributed by atoms with van der Waals surface area (Å²) >= 11 is 0. The molecule has 0 aromatic heterocycles. The van der Waals surface area contributed by atoms with E-state index in [0.29, 0.717) is 0 Å². The SMILES string of the molecule is CCCC(CCC)C[NH2+]C.CCCCC.CCCCC(CCCC)CCCC.CCCCCCC.CCCCC[NH2+]CC.CCCC[NH2+]CCCC.CCCC[NH2+]CCCCC[NH2+]C.CCc1cc([NH2+]C)cc([NH2+]C)c1.CCc1ccc([NH2+]C)cc1. The second-order valence-electron chi connectivity index (χ2n) is 24.4. The summed E-state index contributed by atoms with van der Waals surface area (Å²) in [6, 6.07) is 15.3. The maximum Gasteiger partial charge on any atom is 0.135 e. The second-order valence-corrected chi connectivity index (χ2v) is 24.4. The van der Waals surface area contributed by atoms with Crippen LogP contribution in [-0.4, -0.2) is 87.6 Å². The van der Waals surface area contributed by atoms with E-state index in [4.69, 9.17) is 0 Å². The Morgan fingerprint density at radius 1 is 0.267 bits per heavy atom. The van der Waals surface area contributed by atoms with Gasteiger partial charge >= 0.3 is 0 Å². The van der Waals surface area contributed by atoms with Gasteiger partial charge in [0.15, 0.2) is 0 Å². The Hall–Kier alpha value is -1.88. The molecule has 0 unspecified atom stereocenters. The first-order chi connectivity index (χ1) is 41.9. The monoisotopic (exact) mass is 1220 g/mol. The zero-order chi connectivity index (χ0) is 66.1. The molecule has 2 rings (SSSR count). The Morgan fingerprint density at radius 3 is 0.942 bits per heavy atom. The molecule has 0 radical (unpaired) electrons. The van der Waals surface area contributed by atoms with E-state index in [0.717, 1.165) is 24.7 Å². The van der Waals surface area contributed by atoms with Crippen molar-refractivity contribution in [2.24, 2.45) is 11.8 Å². The Bertz CT molecular complexity index is 1230. The summed E-state index contributed by atoms with van der Waals surface area (Å²) in [5, 5.41) is 18.2. The van der Waals surface area contributed by atoms with Crippen LogP contribution >= 0.6 is 0 Å². The summed E-state index contributed by atoms with van der Waals surface area (Å²) in [5.41, 5.74) is 6.77. The molecule has 0 spiro atoms. The lowest BCUT2D eigenvalue weighted by Crippen LogP contribution is -2.84. The van der Waals surface area contributed by atoms with E-state index in [1.54, 1.807) is 0 Å². The third kappa shape index (κ3) is 90.9. The van der Waals surface area contributed by atoms with Gasteiger partial charge in [-0.05, 0) is 113 Å². The van der Waals surface area contributed by atoms with Crippen molar-refractivity contribution in [1.29, 1.82) is 0 Å². The average molecular weight is 1220 g/mol. The van der Waals surface area contributed by atoms with E-state index in [9.17, 15) is 0 Å². The Balaban J connectivity index is -0.000000165. The molecule has 8 nitrogen and oxygen atoms in total. The van der Waals surface area contributed by atoms with Gasteiger partial charge in [-0.3, -0.25) is 0 Å². The summed E-state index contributed by atoms with van der Waals surface area (Å²) in [4.78, 5) is 0. The number of rotatable bonds is 46. The number of hydrogen-bond acceptors (Lipinski definition) is 0. The van der Waals surface area contributed by atoms with Crippen LogP contribution in [0.25, 0.3) is 0 Å².